The Labute approximate surface area is 116 Å². The van der Waals surface area contributed by atoms with E-state index >= 15 is 0 Å². The van der Waals surface area contributed by atoms with Crippen molar-refractivity contribution in [2.24, 2.45) is 0 Å². The predicted molar refractivity (Wildman–Crippen MR) is 75.1 cm³/mol. The van der Waals surface area contributed by atoms with Crippen molar-refractivity contribution < 1.29 is 9.53 Å². The first kappa shape index (κ1) is 14.8. The molecule has 1 saturated carbocycles. The van der Waals surface area contributed by atoms with Crippen molar-refractivity contribution in [2.75, 3.05) is 39.9 Å². The summed E-state index contributed by atoms with van der Waals surface area (Å²) in [6.07, 6.45) is 6.35. The van der Waals surface area contributed by atoms with E-state index in [4.69, 9.17) is 4.74 Å². The van der Waals surface area contributed by atoms with Crippen molar-refractivity contribution in [2.45, 2.75) is 44.2 Å². The van der Waals surface area contributed by atoms with Gasteiger partial charge in [-0.25, -0.2) is 0 Å². The highest BCUT2D eigenvalue weighted by atomic mass is 16.5. The molecular formula is C14H27N3O2. The standard InChI is InChI=1S/C14H27N3O2/c1-19-9-8-16-14(18)11-17(13-5-6-13)10-12-4-2-3-7-15-12/h12-13,15H,2-11H2,1H3,(H,16,18). The molecule has 1 aliphatic carbocycles. The molecule has 110 valence electrons. The summed E-state index contributed by atoms with van der Waals surface area (Å²) < 4.78 is 4.94. The monoisotopic (exact) mass is 269 g/mol. The zero-order valence-electron chi connectivity index (χ0n) is 12.0. The summed E-state index contributed by atoms with van der Waals surface area (Å²) in [6, 6.07) is 1.21. The van der Waals surface area contributed by atoms with Gasteiger partial charge in [0.25, 0.3) is 0 Å². The van der Waals surface area contributed by atoms with Crippen LogP contribution in [0.1, 0.15) is 32.1 Å². The maximum Gasteiger partial charge on any atom is 0.234 e. The number of nitrogens with zero attached hydrogens (tertiary/aromatic N) is 1. The molecular weight excluding hydrogens is 242 g/mol. The van der Waals surface area contributed by atoms with Crippen molar-refractivity contribution >= 4 is 5.91 Å². The second-order valence-corrected chi connectivity index (χ2v) is 5.65. The van der Waals surface area contributed by atoms with Gasteiger partial charge in [-0.15, -0.1) is 0 Å². The molecule has 0 aromatic heterocycles. The van der Waals surface area contributed by atoms with Crippen LogP contribution in [0.15, 0.2) is 0 Å². The quantitative estimate of drug-likeness (QED) is 0.625. The van der Waals surface area contributed by atoms with Crippen LogP contribution in [0, 0.1) is 0 Å². The smallest absolute Gasteiger partial charge is 0.234 e. The van der Waals surface area contributed by atoms with Crippen LogP contribution < -0.4 is 10.6 Å². The average molecular weight is 269 g/mol. The Bertz CT molecular complexity index is 276. The molecule has 0 aromatic carbocycles. The Morgan fingerprint density at radius 1 is 1.37 bits per heavy atom. The van der Waals surface area contributed by atoms with Crippen molar-refractivity contribution in [1.82, 2.24) is 15.5 Å². The van der Waals surface area contributed by atoms with Gasteiger partial charge in [-0.2, -0.15) is 0 Å². The second kappa shape index (κ2) is 7.82. The molecule has 1 heterocycles. The average Bonchev–Trinajstić information content (AvgIpc) is 3.24. The summed E-state index contributed by atoms with van der Waals surface area (Å²) in [7, 11) is 1.65. The highest BCUT2D eigenvalue weighted by Gasteiger charge is 2.31. The molecule has 1 amide bonds. The van der Waals surface area contributed by atoms with E-state index < -0.39 is 0 Å². The van der Waals surface area contributed by atoms with Crippen LogP contribution in [-0.2, 0) is 9.53 Å². The molecule has 0 bridgehead atoms. The molecule has 2 N–H and O–H groups in total. The minimum Gasteiger partial charge on any atom is -0.383 e. The molecule has 2 aliphatic rings. The SMILES string of the molecule is COCCNC(=O)CN(CC1CCCCN1)C1CC1. The van der Waals surface area contributed by atoms with Crippen LogP contribution in [0.5, 0.6) is 0 Å². The largest absolute Gasteiger partial charge is 0.383 e. The molecule has 0 aromatic rings. The topological polar surface area (TPSA) is 53.6 Å². The number of ether oxygens (including phenoxy) is 1. The Morgan fingerprint density at radius 3 is 2.84 bits per heavy atom. The van der Waals surface area contributed by atoms with Crippen LogP contribution in [0.2, 0.25) is 0 Å². The van der Waals surface area contributed by atoms with E-state index in [2.05, 4.69) is 15.5 Å². The van der Waals surface area contributed by atoms with Gasteiger partial charge in [0, 0.05) is 32.3 Å². The van der Waals surface area contributed by atoms with E-state index in [0.29, 0.717) is 31.8 Å². The van der Waals surface area contributed by atoms with Crippen molar-refractivity contribution in [3.8, 4) is 0 Å². The zero-order valence-corrected chi connectivity index (χ0v) is 12.0. The molecule has 5 heteroatoms. The lowest BCUT2D eigenvalue weighted by Gasteiger charge is -2.30. The van der Waals surface area contributed by atoms with Crippen LogP contribution in [-0.4, -0.2) is 62.8 Å². The van der Waals surface area contributed by atoms with Crippen LogP contribution in [0.3, 0.4) is 0 Å². The lowest BCUT2D eigenvalue weighted by atomic mass is 10.0. The molecule has 1 saturated heterocycles. The fourth-order valence-corrected chi connectivity index (χ4v) is 2.68. The van der Waals surface area contributed by atoms with E-state index in [1.807, 2.05) is 0 Å². The van der Waals surface area contributed by atoms with Gasteiger partial charge < -0.3 is 15.4 Å². The van der Waals surface area contributed by atoms with E-state index in [9.17, 15) is 4.79 Å². The number of carbonyl (C=O) groups is 1. The van der Waals surface area contributed by atoms with Crippen LogP contribution in [0.25, 0.3) is 0 Å². The van der Waals surface area contributed by atoms with Crippen molar-refractivity contribution in [1.29, 1.82) is 0 Å². The first-order chi connectivity index (χ1) is 9.29. The van der Waals surface area contributed by atoms with Gasteiger partial charge in [0.2, 0.25) is 5.91 Å². The number of carbonyl (C=O) groups excluding carboxylic acids is 1. The Balaban J connectivity index is 1.71. The zero-order chi connectivity index (χ0) is 13.5. The van der Waals surface area contributed by atoms with Crippen molar-refractivity contribution in [3.05, 3.63) is 0 Å². The molecule has 2 fully saturated rings. The number of amides is 1. The molecule has 1 unspecified atom stereocenters. The lowest BCUT2D eigenvalue weighted by molar-refractivity contribution is -0.122. The van der Waals surface area contributed by atoms with E-state index in [0.717, 1.165) is 13.1 Å². The maximum absolute atomic E-state index is 11.9. The third kappa shape index (κ3) is 5.47. The Kier molecular flexibility index (Phi) is 6.07. The summed E-state index contributed by atoms with van der Waals surface area (Å²) in [5.74, 6) is 0.125. The summed E-state index contributed by atoms with van der Waals surface area (Å²) in [5.41, 5.74) is 0. The van der Waals surface area contributed by atoms with Gasteiger partial charge in [-0.1, -0.05) is 6.42 Å². The summed E-state index contributed by atoms with van der Waals surface area (Å²) in [5, 5.41) is 6.47. The number of hydrogen-bond acceptors (Lipinski definition) is 4. The van der Waals surface area contributed by atoms with Gasteiger partial charge >= 0.3 is 0 Å². The molecule has 1 atom stereocenters. The summed E-state index contributed by atoms with van der Waals surface area (Å²) in [6.45, 7) is 3.87. The molecule has 0 radical (unpaired) electrons. The third-order valence-electron chi connectivity index (χ3n) is 3.91. The molecule has 5 nitrogen and oxygen atoms in total. The van der Waals surface area contributed by atoms with Gasteiger partial charge in [0.1, 0.15) is 0 Å². The minimum atomic E-state index is 0.125. The number of piperidine rings is 1. The Morgan fingerprint density at radius 2 is 2.21 bits per heavy atom. The van der Waals surface area contributed by atoms with E-state index in [-0.39, 0.29) is 5.91 Å². The number of methoxy groups -OCH3 is 1. The molecule has 1 aliphatic heterocycles. The Hall–Kier alpha value is -0.650. The number of nitrogens with one attached hydrogen (secondary N) is 2. The van der Waals surface area contributed by atoms with Gasteiger partial charge in [0.05, 0.1) is 13.2 Å². The number of hydrogen-bond donors (Lipinski definition) is 2. The van der Waals surface area contributed by atoms with Gasteiger partial charge in [-0.3, -0.25) is 9.69 Å². The molecule has 2 rings (SSSR count). The van der Waals surface area contributed by atoms with Crippen LogP contribution in [0.4, 0.5) is 0 Å². The normalized spacial score (nSPS) is 23.6. The van der Waals surface area contributed by atoms with Crippen LogP contribution >= 0.6 is 0 Å². The first-order valence-corrected chi connectivity index (χ1v) is 7.52. The minimum absolute atomic E-state index is 0.125. The highest BCUT2D eigenvalue weighted by Crippen LogP contribution is 2.27. The molecule has 19 heavy (non-hydrogen) atoms. The summed E-state index contributed by atoms with van der Waals surface area (Å²) >= 11 is 0. The van der Waals surface area contributed by atoms with Gasteiger partial charge in [-0.05, 0) is 32.2 Å². The van der Waals surface area contributed by atoms with E-state index in [1.54, 1.807) is 7.11 Å². The first-order valence-electron chi connectivity index (χ1n) is 7.52. The third-order valence-corrected chi connectivity index (χ3v) is 3.91. The second-order valence-electron chi connectivity index (χ2n) is 5.65. The summed E-state index contributed by atoms with van der Waals surface area (Å²) in [4.78, 5) is 14.2. The number of rotatable bonds is 8. The maximum atomic E-state index is 11.9. The lowest BCUT2D eigenvalue weighted by Crippen LogP contribution is -2.47. The highest BCUT2D eigenvalue weighted by molar-refractivity contribution is 5.78. The molecule has 0 spiro atoms. The predicted octanol–water partition coefficient (Wildman–Crippen LogP) is 0.356. The van der Waals surface area contributed by atoms with E-state index in [1.165, 1.54) is 32.1 Å². The fraction of sp³-hybridized carbons (Fsp3) is 0.929. The fourth-order valence-electron chi connectivity index (χ4n) is 2.68. The van der Waals surface area contributed by atoms with Gasteiger partial charge in [0.15, 0.2) is 0 Å². The van der Waals surface area contributed by atoms with Crippen molar-refractivity contribution in [3.63, 3.8) is 0 Å².